The van der Waals surface area contributed by atoms with E-state index in [4.69, 9.17) is 4.74 Å². The van der Waals surface area contributed by atoms with E-state index >= 15 is 0 Å². The Kier molecular flexibility index (Phi) is 5.59. The lowest BCUT2D eigenvalue weighted by atomic mass is 10.0. The fourth-order valence-electron chi connectivity index (χ4n) is 2.80. The molecule has 1 aromatic rings. The number of piperidine rings is 1. The summed E-state index contributed by atoms with van der Waals surface area (Å²) in [6, 6.07) is 0.520. The number of anilines is 1. The van der Waals surface area contributed by atoms with Gasteiger partial charge in [-0.25, -0.2) is 9.97 Å². The second kappa shape index (κ2) is 7.43. The van der Waals surface area contributed by atoms with E-state index in [-0.39, 0.29) is 0 Å². The van der Waals surface area contributed by atoms with Crippen LogP contribution in [0.25, 0.3) is 0 Å². The molecule has 0 aromatic carbocycles. The van der Waals surface area contributed by atoms with Gasteiger partial charge >= 0.3 is 0 Å². The van der Waals surface area contributed by atoms with Gasteiger partial charge in [0.1, 0.15) is 12.1 Å². The highest BCUT2D eigenvalue weighted by atomic mass is 16.5. The molecule has 1 aliphatic rings. The zero-order chi connectivity index (χ0) is 14.4. The molecule has 5 heteroatoms. The highest BCUT2D eigenvalue weighted by Gasteiger charge is 2.25. The first kappa shape index (κ1) is 15.0. The van der Waals surface area contributed by atoms with Crippen LogP contribution in [0.4, 0.5) is 5.82 Å². The van der Waals surface area contributed by atoms with Crippen LogP contribution in [0.15, 0.2) is 6.33 Å². The first-order valence-electron chi connectivity index (χ1n) is 7.69. The van der Waals surface area contributed by atoms with E-state index in [1.165, 1.54) is 19.3 Å². The number of nitrogens with zero attached hydrogens (tertiary/aromatic N) is 3. The van der Waals surface area contributed by atoms with Crippen LogP contribution in [0.5, 0.6) is 5.88 Å². The second-order valence-electron chi connectivity index (χ2n) is 5.21. The number of hydrogen-bond donors (Lipinski definition) is 1. The van der Waals surface area contributed by atoms with Gasteiger partial charge in [0.05, 0.1) is 12.2 Å². The van der Waals surface area contributed by atoms with Gasteiger partial charge in [0.25, 0.3) is 0 Å². The van der Waals surface area contributed by atoms with E-state index in [1.54, 1.807) is 6.33 Å². The lowest BCUT2D eigenvalue weighted by Gasteiger charge is -2.37. The molecule has 20 heavy (non-hydrogen) atoms. The smallest absolute Gasteiger partial charge is 0.221 e. The molecule has 1 unspecified atom stereocenters. The fraction of sp³-hybridized carbons (Fsp3) is 0.733. The maximum absolute atomic E-state index is 5.59. The Labute approximate surface area is 121 Å². The zero-order valence-electron chi connectivity index (χ0n) is 12.9. The van der Waals surface area contributed by atoms with Crippen molar-refractivity contribution in [3.63, 3.8) is 0 Å². The Bertz CT molecular complexity index is 424. The number of likely N-dealkylation sites (N-methyl/N-ethyl adjacent to an activating group) is 1. The van der Waals surface area contributed by atoms with Gasteiger partial charge in [-0.05, 0) is 39.7 Å². The lowest BCUT2D eigenvalue weighted by Crippen LogP contribution is -2.46. The van der Waals surface area contributed by atoms with Gasteiger partial charge in [-0.2, -0.15) is 0 Å². The molecule has 0 aliphatic carbocycles. The molecule has 1 atom stereocenters. The van der Waals surface area contributed by atoms with E-state index in [0.29, 0.717) is 18.5 Å². The molecule has 5 nitrogen and oxygen atoms in total. The third kappa shape index (κ3) is 3.39. The van der Waals surface area contributed by atoms with Gasteiger partial charge in [0.2, 0.25) is 5.88 Å². The minimum atomic E-state index is 0.520. The molecule has 0 bridgehead atoms. The normalized spacial score (nSPS) is 19.1. The highest BCUT2D eigenvalue weighted by Crippen LogP contribution is 2.29. The lowest BCUT2D eigenvalue weighted by molar-refractivity contribution is 0.323. The second-order valence-corrected chi connectivity index (χ2v) is 5.21. The Morgan fingerprint density at radius 3 is 2.95 bits per heavy atom. The summed E-state index contributed by atoms with van der Waals surface area (Å²) in [5.41, 5.74) is 1.05. The molecular weight excluding hydrogens is 252 g/mol. The van der Waals surface area contributed by atoms with Crippen LogP contribution < -0.4 is 15.0 Å². The van der Waals surface area contributed by atoms with Crippen LogP contribution >= 0.6 is 0 Å². The van der Waals surface area contributed by atoms with Crippen molar-refractivity contribution < 1.29 is 4.74 Å². The van der Waals surface area contributed by atoms with Crippen molar-refractivity contribution >= 4 is 5.82 Å². The van der Waals surface area contributed by atoms with E-state index in [9.17, 15) is 0 Å². The molecule has 1 N–H and O–H groups in total. The van der Waals surface area contributed by atoms with Gasteiger partial charge in [-0.1, -0.05) is 6.92 Å². The monoisotopic (exact) mass is 278 g/mol. The highest BCUT2D eigenvalue weighted by molar-refractivity contribution is 5.51. The van der Waals surface area contributed by atoms with Crippen LogP contribution in [0, 0.1) is 6.92 Å². The summed E-state index contributed by atoms with van der Waals surface area (Å²) in [7, 11) is 0. The number of nitrogens with one attached hydrogen (secondary N) is 1. The Hall–Kier alpha value is -1.36. The summed E-state index contributed by atoms with van der Waals surface area (Å²) in [5, 5.41) is 3.46. The predicted molar refractivity (Wildman–Crippen MR) is 81.5 cm³/mol. The van der Waals surface area contributed by atoms with Crippen LogP contribution in [-0.4, -0.2) is 42.3 Å². The van der Waals surface area contributed by atoms with Crippen LogP contribution in [0.2, 0.25) is 0 Å². The SMILES string of the molecule is CCNCC1CCCCN1c1ncnc(OCC)c1C. The molecule has 1 fully saturated rings. The van der Waals surface area contributed by atoms with Gasteiger partial charge in [0.15, 0.2) is 0 Å². The summed E-state index contributed by atoms with van der Waals surface area (Å²) >= 11 is 0. The van der Waals surface area contributed by atoms with Crippen molar-refractivity contribution in [2.75, 3.05) is 31.1 Å². The largest absolute Gasteiger partial charge is 0.478 e. The van der Waals surface area contributed by atoms with E-state index in [2.05, 4.69) is 34.0 Å². The molecule has 2 heterocycles. The average molecular weight is 278 g/mol. The van der Waals surface area contributed by atoms with Crippen molar-refractivity contribution in [2.24, 2.45) is 0 Å². The Morgan fingerprint density at radius 2 is 2.20 bits per heavy atom. The van der Waals surface area contributed by atoms with Crippen LogP contribution in [0.3, 0.4) is 0 Å². The standard InChI is InChI=1S/C15H26N4O/c1-4-16-10-13-8-6-7-9-19(13)14-12(3)15(20-5-2)18-11-17-14/h11,13,16H,4-10H2,1-3H3. The maximum Gasteiger partial charge on any atom is 0.221 e. The van der Waals surface area contributed by atoms with E-state index < -0.39 is 0 Å². The third-order valence-electron chi connectivity index (χ3n) is 3.82. The molecule has 2 rings (SSSR count). The summed E-state index contributed by atoms with van der Waals surface area (Å²) < 4.78 is 5.59. The minimum Gasteiger partial charge on any atom is -0.478 e. The molecule has 1 saturated heterocycles. The van der Waals surface area contributed by atoms with Gasteiger partial charge in [-0.15, -0.1) is 0 Å². The molecule has 1 aliphatic heterocycles. The summed E-state index contributed by atoms with van der Waals surface area (Å²) in [5.74, 6) is 1.75. The van der Waals surface area contributed by atoms with E-state index in [0.717, 1.165) is 31.0 Å². The summed E-state index contributed by atoms with van der Waals surface area (Å²) in [6.45, 7) is 9.92. The topological polar surface area (TPSA) is 50.3 Å². The van der Waals surface area contributed by atoms with Gasteiger partial charge in [0, 0.05) is 19.1 Å². The van der Waals surface area contributed by atoms with Crippen LogP contribution in [-0.2, 0) is 0 Å². The van der Waals surface area contributed by atoms with Crippen molar-refractivity contribution in [3.05, 3.63) is 11.9 Å². The van der Waals surface area contributed by atoms with Crippen molar-refractivity contribution in [3.8, 4) is 5.88 Å². The number of rotatable bonds is 6. The maximum atomic E-state index is 5.59. The molecule has 112 valence electrons. The first-order valence-corrected chi connectivity index (χ1v) is 7.69. The van der Waals surface area contributed by atoms with Gasteiger partial charge < -0.3 is 15.0 Å². The minimum absolute atomic E-state index is 0.520. The Balaban J connectivity index is 2.20. The number of aromatic nitrogens is 2. The molecular formula is C15H26N4O. The average Bonchev–Trinajstić information content (AvgIpc) is 2.48. The Morgan fingerprint density at radius 1 is 1.35 bits per heavy atom. The summed E-state index contributed by atoms with van der Waals surface area (Å²) in [6.07, 6.45) is 5.37. The fourth-order valence-corrected chi connectivity index (χ4v) is 2.80. The first-order chi connectivity index (χ1) is 9.77. The van der Waals surface area contributed by atoms with Crippen LogP contribution in [0.1, 0.15) is 38.7 Å². The predicted octanol–water partition coefficient (Wildman–Crippen LogP) is 2.15. The molecule has 0 spiro atoms. The van der Waals surface area contributed by atoms with Crippen molar-refractivity contribution in [1.82, 2.24) is 15.3 Å². The van der Waals surface area contributed by atoms with Crippen molar-refractivity contribution in [2.45, 2.75) is 46.1 Å². The van der Waals surface area contributed by atoms with Gasteiger partial charge in [-0.3, -0.25) is 0 Å². The molecule has 1 aromatic heterocycles. The quantitative estimate of drug-likeness (QED) is 0.864. The third-order valence-corrected chi connectivity index (χ3v) is 3.82. The van der Waals surface area contributed by atoms with E-state index in [1.807, 2.05) is 6.92 Å². The number of hydrogen-bond acceptors (Lipinski definition) is 5. The zero-order valence-corrected chi connectivity index (χ0v) is 12.9. The van der Waals surface area contributed by atoms with Crippen molar-refractivity contribution in [1.29, 1.82) is 0 Å². The number of ether oxygens (including phenoxy) is 1. The molecule has 0 amide bonds. The molecule has 0 saturated carbocycles. The molecule has 0 radical (unpaired) electrons. The summed E-state index contributed by atoms with van der Waals surface area (Å²) in [4.78, 5) is 11.2.